The number of halogens is 1. The molecule has 0 saturated carbocycles. The van der Waals surface area contributed by atoms with Crippen molar-refractivity contribution >= 4 is 21.9 Å². The molecule has 5 nitrogen and oxygen atoms in total. The number of likely N-dealkylation sites (tertiary alicyclic amines) is 1. The summed E-state index contributed by atoms with van der Waals surface area (Å²) in [6, 6.07) is 4.44. The number of nitrogens with zero attached hydrogens (tertiary/aromatic N) is 4. The smallest absolute Gasteiger partial charge is 0.223 e. The van der Waals surface area contributed by atoms with Crippen LogP contribution in [-0.2, 0) is 6.54 Å². The lowest BCUT2D eigenvalue weighted by molar-refractivity contribution is 0.328. The Hall–Kier alpha value is -1.53. The summed E-state index contributed by atoms with van der Waals surface area (Å²) in [5.41, 5.74) is 2.22. The van der Waals surface area contributed by atoms with Crippen molar-refractivity contribution in [3.8, 4) is 0 Å². The average Bonchev–Trinajstić information content (AvgIpc) is 2.86. The highest BCUT2D eigenvalue weighted by molar-refractivity contribution is 9.10. The first-order valence-electron chi connectivity index (χ1n) is 7.07. The molecule has 0 aromatic carbocycles. The Labute approximate surface area is 133 Å². The van der Waals surface area contributed by atoms with Gasteiger partial charge in [0.25, 0.3) is 0 Å². The highest BCUT2D eigenvalue weighted by Gasteiger charge is 2.23. The van der Waals surface area contributed by atoms with E-state index in [0.29, 0.717) is 6.04 Å². The maximum Gasteiger partial charge on any atom is 0.223 e. The molecule has 1 atom stereocenters. The summed E-state index contributed by atoms with van der Waals surface area (Å²) >= 11 is 3.46. The normalized spacial score (nSPS) is 18.9. The molecule has 1 N–H and O–H groups in total. The van der Waals surface area contributed by atoms with Crippen LogP contribution in [0.2, 0.25) is 0 Å². The summed E-state index contributed by atoms with van der Waals surface area (Å²) in [6.45, 7) is 4.99. The molecule has 0 amide bonds. The second kappa shape index (κ2) is 6.49. The van der Waals surface area contributed by atoms with Crippen molar-refractivity contribution in [1.29, 1.82) is 0 Å². The third-order valence-corrected chi connectivity index (χ3v) is 4.00. The van der Waals surface area contributed by atoms with Gasteiger partial charge in [0.05, 0.1) is 0 Å². The molecule has 1 aliphatic heterocycles. The van der Waals surface area contributed by atoms with Crippen LogP contribution in [0.5, 0.6) is 0 Å². The Morgan fingerprint density at radius 3 is 3.14 bits per heavy atom. The molecule has 110 valence electrons. The Morgan fingerprint density at radius 2 is 2.33 bits per heavy atom. The van der Waals surface area contributed by atoms with Crippen molar-refractivity contribution in [1.82, 2.24) is 19.9 Å². The zero-order valence-electron chi connectivity index (χ0n) is 12.0. The maximum atomic E-state index is 4.40. The molecule has 1 aliphatic rings. The van der Waals surface area contributed by atoms with Crippen LogP contribution in [0, 0.1) is 6.92 Å². The number of nitrogens with one attached hydrogen (secondary N) is 1. The van der Waals surface area contributed by atoms with Crippen molar-refractivity contribution in [2.24, 2.45) is 0 Å². The Morgan fingerprint density at radius 1 is 1.43 bits per heavy atom. The molecule has 1 fully saturated rings. The van der Waals surface area contributed by atoms with Gasteiger partial charge in [-0.05, 0) is 47.0 Å². The predicted octanol–water partition coefficient (Wildman–Crippen LogP) is 2.63. The van der Waals surface area contributed by atoms with E-state index in [0.717, 1.165) is 42.2 Å². The number of hydrogen-bond acceptors (Lipinski definition) is 5. The monoisotopic (exact) mass is 347 g/mol. The summed E-state index contributed by atoms with van der Waals surface area (Å²) in [5, 5.41) is 3.42. The number of hydrogen-bond donors (Lipinski definition) is 1. The minimum absolute atomic E-state index is 0.409. The van der Waals surface area contributed by atoms with Crippen LogP contribution in [0.3, 0.4) is 0 Å². The lowest BCUT2D eigenvalue weighted by Crippen LogP contribution is -2.26. The molecule has 2 aromatic heterocycles. The molecule has 1 unspecified atom stereocenters. The van der Waals surface area contributed by atoms with Crippen molar-refractivity contribution in [3.05, 3.63) is 46.5 Å². The van der Waals surface area contributed by atoms with Crippen molar-refractivity contribution < 1.29 is 0 Å². The highest BCUT2D eigenvalue weighted by atomic mass is 79.9. The SMILES string of the molecule is Cc1ccnc(NC2CCN(Cc3cncc(Br)c3)C2)n1. The van der Waals surface area contributed by atoms with E-state index in [1.165, 1.54) is 5.56 Å². The first kappa shape index (κ1) is 14.4. The van der Waals surface area contributed by atoms with Gasteiger partial charge in [0.2, 0.25) is 5.95 Å². The summed E-state index contributed by atoms with van der Waals surface area (Å²) in [4.78, 5) is 15.3. The largest absolute Gasteiger partial charge is 0.350 e. The molecule has 0 spiro atoms. The third-order valence-electron chi connectivity index (χ3n) is 3.57. The van der Waals surface area contributed by atoms with Gasteiger partial charge in [-0.2, -0.15) is 0 Å². The molecule has 2 aromatic rings. The number of pyridine rings is 1. The zero-order valence-corrected chi connectivity index (χ0v) is 13.5. The lowest BCUT2D eigenvalue weighted by Gasteiger charge is -2.16. The quantitative estimate of drug-likeness (QED) is 0.921. The van der Waals surface area contributed by atoms with Gasteiger partial charge < -0.3 is 5.32 Å². The van der Waals surface area contributed by atoms with Crippen LogP contribution in [0.1, 0.15) is 17.7 Å². The van der Waals surface area contributed by atoms with Gasteiger partial charge >= 0.3 is 0 Å². The van der Waals surface area contributed by atoms with E-state index in [2.05, 4.69) is 47.2 Å². The minimum Gasteiger partial charge on any atom is -0.350 e. The molecule has 21 heavy (non-hydrogen) atoms. The van der Waals surface area contributed by atoms with E-state index in [1.54, 1.807) is 6.20 Å². The molecule has 3 heterocycles. The van der Waals surface area contributed by atoms with Crippen molar-refractivity contribution in [2.45, 2.75) is 25.9 Å². The molecule has 6 heteroatoms. The highest BCUT2D eigenvalue weighted by Crippen LogP contribution is 2.17. The maximum absolute atomic E-state index is 4.40. The molecular formula is C15H18BrN5. The van der Waals surface area contributed by atoms with Crippen LogP contribution in [0.4, 0.5) is 5.95 Å². The van der Waals surface area contributed by atoms with Crippen LogP contribution >= 0.6 is 15.9 Å². The van der Waals surface area contributed by atoms with E-state index in [1.807, 2.05) is 25.4 Å². The summed E-state index contributed by atoms with van der Waals surface area (Å²) in [5.74, 6) is 0.728. The van der Waals surface area contributed by atoms with Gasteiger partial charge in [0, 0.05) is 54.4 Å². The number of rotatable bonds is 4. The molecule has 3 rings (SSSR count). The van der Waals surface area contributed by atoms with Gasteiger partial charge in [-0.3, -0.25) is 9.88 Å². The predicted molar refractivity (Wildman–Crippen MR) is 86.0 cm³/mol. The molecule has 0 bridgehead atoms. The fourth-order valence-corrected chi connectivity index (χ4v) is 3.01. The van der Waals surface area contributed by atoms with E-state index in [4.69, 9.17) is 0 Å². The third kappa shape index (κ3) is 3.98. The first-order valence-corrected chi connectivity index (χ1v) is 7.86. The van der Waals surface area contributed by atoms with Crippen LogP contribution < -0.4 is 5.32 Å². The summed E-state index contributed by atoms with van der Waals surface area (Å²) < 4.78 is 1.03. The van der Waals surface area contributed by atoms with E-state index < -0.39 is 0 Å². The molecule has 0 radical (unpaired) electrons. The standard InChI is InChI=1S/C15H18BrN5/c1-11-2-4-18-15(19-11)20-14-3-5-21(10-14)9-12-6-13(16)8-17-7-12/h2,4,6-8,14H,3,5,9-10H2,1H3,(H,18,19,20). The van der Waals surface area contributed by atoms with Crippen molar-refractivity contribution in [3.63, 3.8) is 0 Å². The zero-order chi connectivity index (χ0) is 14.7. The second-order valence-corrected chi connectivity index (χ2v) is 6.31. The van der Waals surface area contributed by atoms with Gasteiger partial charge in [0.1, 0.15) is 0 Å². The molecule has 0 aliphatic carbocycles. The van der Waals surface area contributed by atoms with E-state index in [9.17, 15) is 0 Å². The van der Waals surface area contributed by atoms with Crippen LogP contribution in [0.25, 0.3) is 0 Å². The van der Waals surface area contributed by atoms with E-state index in [-0.39, 0.29) is 0 Å². The van der Waals surface area contributed by atoms with Crippen molar-refractivity contribution in [2.75, 3.05) is 18.4 Å². The summed E-state index contributed by atoms with van der Waals surface area (Å²) in [7, 11) is 0. The van der Waals surface area contributed by atoms with Gasteiger partial charge in [-0.25, -0.2) is 9.97 Å². The fraction of sp³-hybridized carbons (Fsp3) is 0.400. The lowest BCUT2D eigenvalue weighted by atomic mass is 10.2. The van der Waals surface area contributed by atoms with Crippen LogP contribution in [0.15, 0.2) is 35.2 Å². The van der Waals surface area contributed by atoms with Gasteiger partial charge in [-0.1, -0.05) is 0 Å². The first-order chi connectivity index (χ1) is 10.2. The van der Waals surface area contributed by atoms with Gasteiger partial charge in [0.15, 0.2) is 0 Å². The fourth-order valence-electron chi connectivity index (χ4n) is 2.60. The van der Waals surface area contributed by atoms with Gasteiger partial charge in [-0.15, -0.1) is 0 Å². The Bertz CT molecular complexity index is 565. The van der Waals surface area contributed by atoms with E-state index >= 15 is 0 Å². The minimum atomic E-state index is 0.409. The number of aromatic nitrogens is 3. The Balaban J connectivity index is 1.56. The topological polar surface area (TPSA) is 53.9 Å². The number of aryl methyl sites for hydroxylation is 1. The molecule has 1 saturated heterocycles. The number of anilines is 1. The average molecular weight is 348 g/mol. The Kier molecular flexibility index (Phi) is 4.45. The molecular weight excluding hydrogens is 330 g/mol. The summed E-state index contributed by atoms with van der Waals surface area (Å²) in [6.07, 6.45) is 6.64. The van der Waals surface area contributed by atoms with Crippen LogP contribution in [-0.4, -0.2) is 39.0 Å². The second-order valence-electron chi connectivity index (χ2n) is 5.40.